The van der Waals surface area contributed by atoms with E-state index in [1.165, 1.54) is 0 Å². The maximum Gasteiger partial charge on any atom is 0.407 e. The maximum absolute atomic E-state index is 6.16. The van der Waals surface area contributed by atoms with E-state index >= 15 is 0 Å². The van der Waals surface area contributed by atoms with E-state index < -0.39 is 8.56 Å². The van der Waals surface area contributed by atoms with Crippen molar-refractivity contribution in [2.24, 2.45) is 0 Å². The van der Waals surface area contributed by atoms with Crippen molar-refractivity contribution >= 4 is 24.6 Å². The van der Waals surface area contributed by atoms with Gasteiger partial charge < -0.3 is 14.6 Å². The summed E-state index contributed by atoms with van der Waals surface area (Å²) in [4.78, 5) is 0. The second-order valence-corrected chi connectivity index (χ2v) is 7.44. The Morgan fingerprint density at radius 3 is 2.00 bits per heavy atom. The van der Waals surface area contributed by atoms with Crippen molar-refractivity contribution in [1.82, 2.24) is 0 Å². The van der Waals surface area contributed by atoms with Crippen LogP contribution in [-0.4, -0.2) is 21.8 Å². The van der Waals surface area contributed by atoms with E-state index in [1.54, 1.807) is 0 Å². The summed E-state index contributed by atoms with van der Waals surface area (Å²) in [6.45, 7) is 5.21. The van der Waals surface area contributed by atoms with Crippen molar-refractivity contribution in [1.29, 1.82) is 0 Å². The largest absolute Gasteiger partial charge is 0.407 e. The molecule has 2 rings (SSSR count). The minimum absolute atomic E-state index is 0.607. The highest BCUT2D eigenvalue weighted by molar-refractivity contribution is 6.92. The molecule has 2 N–H and O–H groups in total. The van der Waals surface area contributed by atoms with Gasteiger partial charge in [-0.15, -0.1) is 0 Å². The molecule has 20 heavy (non-hydrogen) atoms. The maximum atomic E-state index is 6.16. The molecule has 0 aliphatic rings. The third kappa shape index (κ3) is 2.93. The molecule has 0 radical (unpaired) electrons. The Balaban J connectivity index is 2.58. The lowest BCUT2D eigenvalue weighted by Gasteiger charge is -2.30. The third-order valence-electron chi connectivity index (χ3n) is 3.12. The fourth-order valence-corrected chi connectivity index (χ4v) is 5.55. The predicted octanol–water partition coefficient (Wildman–Crippen LogP) is 1.90. The Bertz CT molecular complexity index is 539. The summed E-state index contributed by atoms with van der Waals surface area (Å²) < 4.78 is 12.3. The fraction of sp³-hybridized carbons (Fsp3) is 0.250. The summed E-state index contributed by atoms with van der Waals surface area (Å²) in [5, 5.41) is 2.15. The number of rotatable bonds is 6. The fourth-order valence-electron chi connectivity index (χ4n) is 2.35. The van der Waals surface area contributed by atoms with Gasteiger partial charge in [0.2, 0.25) is 0 Å². The zero-order chi connectivity index (χ0) is 14.4. The molecular formula is C16H21NO2Si. The van der Waals surface area contributed by atoms with Crippen molar-refractivity contribution in [3.63, 3.8) is 0 Å². The Hall–Kier alpha value is -1.62. The van der Waals surface area contributed by atoms with Gasteiger partial charge in [0.25, 0.3) is 0 Å². The molecule has 2 aromatic rings. The topological polar surface area (TPSA) is 44.5 Å². The lowest BCUT2D eigenvalue weighted by atomic mass is 10.3. The molecule has 0 amide bonds. The standard InChI is InChI=1S/C16H21NO2Si/c1-3-18-20(19-4-2,15-10-6-5-7-11-15)16-12-8-9-14(17)13-16/h5-13H,3-4,17H2,1-2H3. The molecule has 0 fully saturated rings. The molecule has 0 heterocycles. The number of nitrogens with two attached hydrogens (primary N) is 1. The minimum atomic E-state index is -2.66. The lowest BCUT2D eigenvalue weighted by molar-refractivity contribution is 0.208. The van der Waals surface area contributed by atoms with Gasteiger partial charge in [0.05, 0.1) is 0 Å². The molecule has 0 saturated carbocycles. The molecule has 0 aromatic heterocycles. The molecule has 0 atom stereocenters. The van der Waals surface area contributed by atoms with E-state index in [2.05, 4.69) is 12.1 Å². The van der Waals surface area contributed by atoms with Gasteiger partial charge in [0.15, 0.2) is 0 Å². The number of anilines is 1. The quantitative estimate of drug-likeness (QED) is 0.652. The van der Waals surface area contributed by atoms with E-state index in [9.17, 15) is 0 Å². The highest BCUT2D eigenvalue weighted by Crippen LogP contribution is 2.12. The van der Waals surface area contributed by atoms with Crippen LogP contribution in [0.3, 0.4) is 0 Å². The number of hydrogen-bond donors (Lipinski definition) is 1. The molecule has 106 valence electrons. The summed E-state index contributed by atoms with van der Waals surface area (Å²) in [5.74, 6) is 0. The number of hydrogen-bond acceptors (Lipinski definition) is 3. The molecular weight excluding hydrogens is 266 g/mol. The van der Waals surface area contributed by atoms with Crippen LogP contribution in [0.4, 0.5) is 5.69 Å². The van der Waals surface area contributed by atoms with Crippen molar-refractivity contribution in [3.05, 3.63) is 54.6 Å². The molecule has 0 aliphatic carbocycles. The molecule has 3 nitrogen and oxygen atoms in total. The van der Waals surface area contributed by atoms with Gasteiger partial charge in [-0.2, -0.15) is 0 Å². The highest BCUT2D eigenvalue weighted by atomic mass is 28.4. The summed E-state index contributed by atoms with van der Waals surface area (Å²) in [7, 11) is -2.66. The predicted molar refractivity (Wildman–Crippen MR) is 85.6 cm³/mol. The van der Waals surface area contributed by atoms with Gasteiger partial charge in [-0.1, -0.05) is 42.5 Å². The van der Waals surface area contributed by atoms with Crippen LogP contribution in [0, 0.1) is 0 Å². The molecule has 2 aromatic carbocycles. The molecule has 0 aliphatic heterocycles. The Morgan fingerprint density at radius 1 is 0.850 bits per heavy atom. The van der Waals surface area contributed by atoms with E-state index in [-0.39, 0.29) is 0 Å². The first-order valence-corrected chi connectivity index (χ1v) is 8.74. The second kappa shape index (κ2) is 6.70. The van der Waals surface area contributed by atoms with Crippen LogP contribution in [0.2, 0.25) is 0 Å². The van der Waals surface area contributed by atoms with Gasteiger partial charge >= 0.3 is 8.56 Å². The van der Waals surface area contributed by atoms with Crippen molar-refractivity contribution < 1.29 is 8.85 Å². The molecule has 0 saturated heterocycles. The van der Waals surface area contributed by atoms with Crippen molar-refractivity contribution in [2.75, 3.05) is 18.9 Å². The van der Waals surface area contributed by atoms with E-state index in [0.717, 1.165) is 16.1 Å². The van der Waals surface area contributed by atoms with E-state index in [4.69, 9.17) is 14.6 Å². The summed E-state index contributed by atoms with van der Waals surface area (Å²) in [6.07, 6.45) is 0. The van der Waals surface area contributed by atoms with Crippen LogP contribution >= 0.6 is 0 Å². The molecule has 0 unspecified atom stereocenters. The third-order valence-corrected chi connectivity index (χ3v) is 6.67. The Morgan fingerprint density at radius 2 is 1.45 bits per heavy atom. The zero-order valence-corrected chi connectivity index (χ0v) is 13.0. The summed E-state index contributed by atoms with van der Waals surface area (Å²) in [5.41, 5.74) is 6.67. The van der Waals surface area contributed by atoms with Gasteiger partial charge in [0, 0.05) is 24.1 Å². The van der Waals surface area contributed by atoms with Crippen LogP contribution in [-0.2, 0) is 8.85 Å². The van der Waals surface area contributed by atoms with E-state index in [1.807, 2.05) is 56.3 Å². The summed E-state index contributed by atoms with van der Waals surface area (Å²) in [6, 6.07) is 18.0. The number of benzene rings is 2. The molecule has 0 bridgehead atoms. The normalized spacial score (nSPS) is 11.5. The number of nitrogen functional groups attached to an aromatic ring is 1. The van der Waals surface area contributed by atoms with Gasteiger partial charge in [-0.3, -0.25) is 0 Å². The molecule has 0 spiro atoms. The zero-order valence-electron chi connectivity index (χ0n) is 12.0. The second-order valence-electron chi connectivity index (χ2n) is 4.47. The monoisotopic (exact) mass is 287 g/mol. The smallest absolute Gasteiger partial charge is 0.399 e. The van der Waals surface area contributed by atoms with Gasteiger partial charge in [-0.25, -0.2) is 0 Å². The first-order chi connectivity index (χ1) is 9.73. The van der Waals surface area contributed by atoms with Gasteiger partial charge in [-0.05, 0) is 31.2 Å². The van der Waals surface area contributed by atoms with E-state index in [0.29, 0.717) is 13.2 Å². The van der Waals surface area contributed by atoms with Crippen LogP contribution < -0.4 is 16.1 Å². The van der Waals surface area contributed by atoms with Crippen molar-refractivity contribution in [2.45, 2.75) is 13.8 Å². The first kappa shape index (κ1) is 14.8. The Labute approximate surface area is 121 Å². The average molecular weight is 287 g/mol. The minimum Gasteiger partial charge on any atom is -0.399 e. The lowest BCUT2D eigenvalue weighted by Crippen LogP contribution is -2.63. The van der Waals surface area contributed by atoms with Crippen LogP contribution in [0.15, 0.2) is 54.6 Å². The highest BCUT2D eigenvalue weighted by Gasteiger charge is 2.42. The Kier molecular flexibility index (Phi) is 4.95. The van der Waals surface area contributed by atoms with Crippen LogP contribution in [0.5, 0.6) is 0 Å². The molecule has 4 heteroatoms. The first-order valence-electron chi connectivity index (χ1n) is 6.92. The van der Waals surface area contributed by atoms with Crippen molar-refractivity contribution in [3.8, 4) is 0 Å². The SMILES string of the molecule is CCO[Si](OCC)(c1ccccc1)c1cccc(N)c1. The van der Waals surface area contributed by atoms with Crippen LogP contribution in [0.25, 0.3) is 0 Å². The average Bonchev–Trinajstić information content (AvgIpc) is 2.48. The van der Waals surface area contributed by atoms with Gasteiger partial charge in [0.1, 0.15) is 0 Å². The summed E-state index contributed by atoms with van der Waals surface area (Å²) >= 11 is 0. The van der Waals surface area contributed by atoms with Crippen LogP contribution in [0.1, 0.15) is 13.8 Å².